The van der Waals surface area contributed by atoms with Gasteiger partial charge in [-0.1, -0.05) is 20.3 Å². The van der Waals surface area contributed by atoms with Gasteiger partial charge in [0.1, 0.15) is 11.3 Å². The molecule has 0 aliphatic heterocycles. The average molecular weight is 346 g/mol. The summed E-state index contributed by atoms with van der Waals surface area (Å²) in [6.07, 6.45) is 2.51. The van der Waals surface area contributed by atoms with Gasteiger partial charge in [-0.3, -0.25) is 10.1 Å². The fourth-order valence-electron chi connectivity index (χ4n) is 2.33. The lowest BCUT2D eigenvalue weighted by molar-refractivity contribution is -0.122. The Bertz CT molecular complexity index is 813. The van der Waals surface area contributed by atoms with Crippen LogP contribution in [0.4, 0.5) is 4.79 Å². The quantitative estimate of drug-likeness (QED) is 0.592. The van der Waals surface area contributed by atoms with E-state index in [2.05, 4.69) is 10.6 Å². The van der Waals surface area contributed by atoms with Crippen molar-refractivity contribution in [1.29, 1.82) is 0 Å². The largest absolute Gasteiger partial charge is 0.484 e. The molecule has 0 spiro atoms. The molecule has 1 aromatic heterocycles. The standard InChI is InChI=1S/C18H22N2O5/c1-3-5-8-19-18(23)20-16(21)11-24-13-6-7-14-12(4-2)9-17(22)25-15(14)10-13/h6-7,9-10H,3-5,8,11H2,1-2H3,(H2,19,20,21,23). The zero-order valence-corrected chi connectivity index (χ0v) is 14.4. The Morgan fingerprint density at radius 3 is 2.72 bits per heavy atom. The molecule has 3 amide bonds. The minimum Gasteiger partial charge on any atom is -0.484 e. The van der Waals surface area contributed by atoms with Crippen LogP contribution in [0.5, 0.6) is 5.75 Å². The normalized spacial score (nSPS) is 10.5. The van der Waals surface area contributed by atoms with Crippen molar-refractivity contribution in [2.75, 3.05) is 13.2 Å². The molecular weight excluding hydrogens is 324 g/mol. The lowest BCUT2D eigenvalue weighted by atomic mass is 10.1. The first-order valence-electron chi connectivity index (χ1n) is 8.30. The van der Waals surface area contributed by atoms with Gasteiger partial charge in [0.15, 0.2) is 6.61 Å². The lowest BCUT2D eigenvalue weighted by Crippen LogP contribution is -2.41. The third kappa shape index (κ3) is 5.34. The Kier molecular flexibility index (Phi) is 6.56. The molecule has 2 rings (SSSR count). The van der Waals surface area contributed by atoms with Crippen molar-refractivity contribution in [3.8, 4) is 5.75 Å². The number of urea groups is 1. The van der Waals surface area contributed by atoms with Gasteiger partial charge in [0.2, 0.25) is 0 Å². The summed E-state index contributed by atoms with van der Waals surface area (Å²) >= 11 is 0. The number of nitrogens with one attached hydrogen (secondary N) is 2. The Balaban J connectivity index is 1.95. The first kappa shape index (κ1) is 18.5. The highest BCUT2D eigenvalue weighted by atomic mass is 16.5. The fourth-order valence-corrected chi connectivity index (χ4v) is 2.33. The molecule has 0 atom stereocenters. The Morgan fingerprint density at radius 1 is 1.20 bits per heavy atom. The first-order valence-corrected chi connectivity index (χ1v) is 8.30. The lowest BCUT2D eigenvalue weighted by Gasteiger charge is -2.09. The van der Waals surface area contributed by atoms with Crippen LogP contribution in [0.25, 0.3) is 11.0 Å². The topological polar surface area (TPSA) is 97.6 Å². The minimum absolute atomic E-state index is 0.315. The van der Waals surface area contributed by atoms with Gasteiger partial charge in [0, 0.05) is 24.1 Å². The smallest absolute Gasteiger partial charge is 0.336 e. The van der Waals surface area contributed by atoms with E-state index >= 15 is 0 Å². The summed E-state index contributed by atoms with van der Waals surface area (Å²) in [5, 5.41) is 5.59. The number of unbranched alkanes of at least 4 members (excludes halogenated alkanes) is 1. The van der Waals surface area contributed by atoms with E-state index in [9.17, 15) is 14.4 Å². The summed E-state index contributed by atoms with van der Waals surface area (Å²) in [6, 6.07) is 5.95. The molecular formula is C18H22N2O5. The molecule has 134 valence electrons. The molecule has 0 fully saturated rings. The summed E-state index contributed by atoms with van der Waals surface area (Å²) in [6.45, 7) is 4.16. The van der Waals surface area contributed by atoms with Gasteiger partial charge >= 0.3 is 11.7 Å². The Morgan fingerprint density at radius 2 is 2.00 bits per heavy atom. The van der Waals surface area contributed by atoms with Crippen molar-refractivity contribution in [2.24, 2.45) is 0 Å². The van der Waals surface area contributed by atoms with E-state index in [0.717, 1.165) is 23.8 Å². The second-order valence-corrected chi connectivity index (χ2v) is 5.55. The van der Waals surface area contributed by atoms with Gasteiger partial charge < -0.3 is 14.5 Å². The molecule has 25 heavy (non-hydrogen) atoms. The number of imide groups is 1. The van der Waals surface area contributed by atoms with Crippen molar-refractivity contribution >= 4 is 22.9 Å². The molecule has 2 N–H and O–H groups in total. The van der Waals surface area contributed by atoms with Crippen molar-refractivity contribution < 1.29 is 18.7 Å². The molecule has 0 saturated heterocycles. The molecule has 0 radical (unpaired) electrons. The number of amides is 3. The van der Waals surface area contributed by atoms with Gasteiger partial charge in [-0.15, -0.1) is 0 Å². The molecule has 7 nitrogen and oxygen atoms in total. The van der Waals surface area contributed by atoms with Crippen LogP contribution >= 0.6 is 0 Å². The molecule has 2 aromatic rings. The summed E-state index contributed by atoms with van der Waals surface area (Å²) in [5.74, 6) is -0.177. The number of aryl methyl sites for hydroxylation is 1. The second-order valence-electron chi connectivity index (χ2n) is 5.55. The number of carbonyl (C=O) groups excluding carboxylic acids is 2. The summed E-state index contributed by atoms with van der Waals surface area (Å²) in [5.41, 5.74) is 0.863. The minimum atomic E-state index is -0.558. The number of ether oxygens (including phenoxy) is 1. The van der Waals surface area contributed by atoms with E-state index in [4.69, 9.17) is 9.15 Å². The molecule has 1 aromatic carbocycles. The van der Waals surface area contributed by atoms with Crippen LogP contribution in [0.3, 0.4) is 0 Å². The molecule has 0 aliphatic carbocycles. The number of benzene rings is 1. The predicted octanol–water partition coefficient (Wildman–Crippen LogP) is 2.36. The maximum Gasteiger partial charge on any atom is 0.336 e. The molecule has 0 bridgehead atoms. The number of fused-ring (bicyclic) bond motifs is 1. The van der Waals surface area contributed by atoms with Crippen LogP contribution in [0.2, 0.25) is 0 Å². The van der Waals surface area contributed by atoms with Crippen LogP contribution < -0.4 is 21.0 Å². The highest BCUT2D eigenvalue weighted by Gasteiger charge is 2.10. The van der Waals surface area contributed by atoms with E-state index in [1.54, 1.807) is 18.2 Å². The first-order chi connectivity index (χ1) is 12.0. The molecule has 7 heteroatoms. The number of hydrogen-bond donors (Lipinski definition) is 2. The van der Waals surface area contributed by atoms with Crippen molar-refractivity contribution in [3.05, 3.63) is 40.2 Å². The number of rotatable bonds is 7. The number of carbonyl (C=O) groups is 2. The summed E-state index contributed by atoms with van der Waals surface area (Å²) in [4.78, 5) is 34.7. The van der Waals surface area contributed by atoms with E-state index < -0.39 is 17.6 Å². The number of hydrogen-bond acceptors (Lipinski definition) is 5. The molecule has 0 unspecified atom stereocenters. The highest BCUT2D eigenvalue weighted by Crippen LogP contribution is 2.22. The van der Waals surface area contributed by atoms with Crippen molar-refractivity contribution in [1.82, 2.24) is 10.6 Å². The van der Waals surface area contributed by atoms with Crippen LogP contribution in [0, 0.1) is 0 Å². The fraction of sp³-hybridized carbons (Fsp3) is 0.389. The van der Waals surface area contributed by atoms with Gasteiger partial charge in [-0.05, 0) is 30.5 Å². The monoisotopic (exact) mass is 346 g/mol. The van der Waals surface area contributed by atoms with Gasteiger partial charge in [-0.25, -0.2) is 9.59 Å². The Hall–Kier alpha value is -2.83. The maximum absolute atomic E-state index is 11.7. The van der Waals surface area contributed by atoms with Gasteiger partial charge in [0.25, 0.3) is 5.91 Å². The molecule has 1 heterocycles. The van der Waals surface area contributed by atoms with Crippen LogP contribution in [-0.2, 0) is 11.2 Å². The SMILES string of the molecule is CCCCNC(=O)NC(=O)COc1ccc2c(CC)cc(=O)oc2c1. The van der Waals surface area contributed by atoms with E-state index in [-0.39, 0.29) is 6.61 Å². The third-order valence-corrected chi connectivity index (χ3v) is 3.62. The van der Waals surface area contributed by atoms with Crippen LogP contribution in [0.1, 0.15) is 32.3 Å². The van der Waals surface area contributed by atoms with Gasteiger partial charge in [0.05, 0.1) is 0 Å². The Labute approximate surface area is 145 Å². The van der Waals surface area contributed by atoms with Crippen molar-refractivity contribution in [3.63, 3.8) is 0 Å². The van der Waals surface area contributed by atoms with Crippen molar-refractivity contribution in [2.45, 2.75) is 33.1 Å². The van der Waals surface area contributed by atoms with E-state index in [1.165, 1.54) is 6.07 Å². The third-order valence-electron chi connectivity index (χ3n) is 3.62. The zero-order chi connectivity index (χ0) is 18.2. The highest BCUT2D eigenvalue weighted by molar-refractivity contribution is 5.95. The van der Waals surface area contributed by atoms with Crippen LogP contribution in [-0.4, -0.2) is 25.1 Å². The predicted molar refractivity (Wildman–Crippen MR) is 93.8 cm³/mol. The van der Waals surface area contributed by atoms with Gasteiger partial charge in [-0.2, -0.15) is 0 Å². The summed E-state index contributed by atoms with van der Waals surface area (Å²) in [7, 11) is 0. The van der Waals surface area contributed by atoms with E-state index in [0.29, 0.717) is 24.3 Å². The summed E-state index contributed by atoms with van der Waals surface area (Å²) < 4.78 is 10.5. The maximum atomic E-state index is 11.7. The zero-order valence-electron chi connectivity index (χ0n) is 14.4. The van der Waals surface area contributed by atoms with Crippen LogP contribution in [0.15, 0.2) is 33.5 Å². The average Bonchev–Trinajstić information content (AvgIpc) is 2.59. The van der Waals surface area contributed by atoms with E-state index in [1.807, 2.05) is 13.8 Å². The molecule has 0 aliphatic rings. The second kappa shape index (κ2) is 8.86. The molecule has 0 saturated carbocycles.